The van der Waals surface area contributed by atoms with Crippen LogP contribution in [0.2, 0.25) is 0 Å². The van der Waals surface area contributed by atoms with Crippen molar-refractivity contribution >= 4 is 27.3 Å². The van der Waals surface area contributed by atoms with Gasteiger partial charge in [-0.05, 0) is 13.0 Å². The van der Waals surface area contributed by atoms with Crippen molar-refractivity contribution in [3.05, 3.63) is 15.8 Å². The average Bonchev–Trinajstić information content (AvgIpc) is 2.73. The Bertz CT molecular complexity index is 549. The van der Waals surface area contributed by atoms with Gasteiger partial charge in [0.15, 0.2) is 0 Å². The number of ether oxygens (including phenoxy) is 1. The van der Waals surface area contributed by atoms with Crippen molar-refractivity contribution < 1.29 is 23.1 Å². The second-order valence-electron chi connectivity index (χ2n) is 3.83. The van der Waals surface area contributed by atoms with Crippen LogP contribution in [0.15, 0.2) is 11.0 Å². The molecule has 0 bridgehead atoms. The predicted octanol–water partition coefficient (Wildman–Crippen LogP) is 1.41. The highest BCUT2D eigenvalue weighted by atomic mass is 32.2. The van der Waals surface area contributed by atoms with Gasteiger partial charge in [-0.3, -0.25) is 0 Å². The second kappa shape index (κ2) is 6.47. The third-order valence-corrected chi connectivity index (χ3v) is 5.87. The maximum Gasteiger partial charge on any atom is 0.345 e. The zero-order chi connectivity index (χ0) is 14.6. The number of sulfonamides is 1. The summed E-state index contributed by atoms with van der Waals surface area (Å²) in [4.78, 5) is 11.5. The van der Waals surface area contributed by atoms with Crippen LogP contribution in [0.4, 0.5) is 0 Å². The number of carboxylic acids is 1. The van der Waals surface area contributed by atoms with E-state index in [1.54, 1.807) is 13.8 Å². The minimum atomic E-state index is -3.67. The van der Waals surface area contributed by atoms with Crippen LogP contribution < -0.4 is 0 Å². The molecule has 19 heavy (non-hydrogen) atoms. The van der Waals surface area contributed by atoms with Gasteiger partial charge in [0.05, 0.1) is 11.5 Å². The quantitative estimate of drug-likeness (QED) is 0.823. The lowest BCUT2D eigenvalue weighted by atomic mass is 10.4. The summed E-state index contributed by atoms with van der Waals surface area (Å²) in [6.07, 6.45) is 0. The second-order valence-corrected chi connectivity index (χ2v) is 6.99. The SMILES string of the molecule is CCN(CCOC)S(=O)(=O)c1cc(C(=O)O)sc1C. The molecule has 0 aromatic carbocycles. The van der Waals surface area contributed by atoms with Crippen molar-refractivity contribution in [2.75, 3.05) is 26.8 Å². The van der Waals surface area contributed by atoms with E-state index in [1.165, 1.54) is 17.5 Å². The van der Waals surface area contributed by atoms with E-state index >= 15 is 0 Å². The van der Waals surface area contributed by atoms with Gasteiger partial charge in [-0.25, -0.2) is 13.2 Å². The largest absolute Gasteiger partial charge is 0.477 e. The number of carboxylic acid groups (broad SMARTS) is 1. The molecule has 0 atom stereocenters. The molecule has 0 radical (unpaired) electrons. The van der Waals surface area contributed by atoms with Gasteiger partial charge in [0, 0.05) is 25.1 Å². The van der Waals surface area contributed by atoms with Crippen molar-refractivity contribution in [3.63, 3.8) is 0 Å². The fourth-order valence-corrected chi connectivity index (χ4v) is 4.44. The Hall–Kier alpha value is -0.960. The van der Waals surface area contributed by atoms with Crippen LogP contribution >= 0.6 is 11.3 Å². The Kier molecular flexibility index (Phi) is 5.48. The van der Waals surface area contributed by atoms with Gasteiger partial charge in [-0.15, -0.1) is 11.3 Å². The van der Waals surface area contributed by atoms with E-state index in [4.69, 9.17) is 9.84 Å². The first-order valence-corrected chi connectivity index (χ1v) is 7.93. The topological polar surface area (TPSA) is 83.9 Å². The number of hydrogen-bond acceptors (Lipinski definition) is 5. The van der Waals surface area contributed by atoms with E-state index in [1.807, 2.05) is 0 Å². The molecular weight excluding hydrogens is 290 g/mol. The summed E-state index contributed by atoms with van der Waals surface area (Å²) in [5, 5.41) is 8.91. The molecule has 1 heterocycles. The molecule has 108 valence electrons. The van der Waals surface area contributed by atoms with Gasteiger partial charge in [-0.2, -0.15) is 4.31 Å². The van der Waals surface area contributed by atoms with E-state index < -0.39 is 16.0 Å². The third-order valence-electron chi connectivity index (χ3n) is 2.60. The van der Waals surface area contributed by atoms with Crippen LogP contribution in [-0.2, 0) is 14.8 Å². The van der Waals surface area contributed by atoms with Gasteiger partial charge < -0.3 is 9.84 Å². The molecule has 6 nitrogen and oxygen atoms in total. The zero-order valence-corrected chi connectivity index (χ0v) is 12.7. The number of hydrogen-bond donors (Lipinski definition) is 1. The fraction of sp³-hybridized carbons (Fsp3) is 0.545. The average molecular weight is 307 g/mol. The first-order valence-electron chi connectivity index (χ1n) is 5.67. The molecule has 1 rings (SSSR count). The highest BCUT2D eigenvalue weighted by molar-refractivity contribution is 7.89. The number of rotatable bonds is 7. The van der Waals surface area contributed by atoms with E-state index in [0.717, 1.165) is 11.3 Å². The van der Waals surface area contributed by atoms with Crippen LogP contribution in [0.1, 0.15) is 21.5 Å². The Morgan fingerprint density at radius 2 is 2.16 bits per heavy atom. The molecule has 8 heteroatoms. The number of aryl methyl sites for hydroxylation is 1. The van der Waals surface area contributed by atoms with E-state index in [2.05, 4.69) is 0 Å². The summed E-state index contributed by atoms with van der Waals surface area (Å²) in [5.41, 5.74) is 0. The number of nitrogens with zero attached hydrogens (tertiary/aromatic N) is 1. The summed E-state index contributed by atoms with van der Waals surface area (Å²) in [6.45, 7) is 4.18. The Morgan fingerprint density at radius 3 is 2.58 bits per heavy atom. The maximum atomic E-state index is 12.4. The highest BCUT2D eigenvalue weighted by Gasteiger charge is 2.27. The molecule has 1 N–H and O–H groups in total. The van der Waals surface area contributed by atoms with Crippen molar-refractivity contribution in [2.24, 2.45) is 0 Å². The summed E-state index contributed by atoms with van der Waals surface area (Å²) in [7, 11) is -2.17. The lowest BCUT2D eigenvalue weighted by molar-refractivity contribution is 0.0702. The van der Waals surface area contributed by atoms with Gasteiger partial charge in [-0.1, -0.05) is 6.92 Å². The lowest BCUT2D eigenvalue weighted by Crippen LogP contribution is -2.33. The van der Waals surface area contributed by atoms with Crippen molar-refractivity contribution in [1.29, 1.82) is 0 Å². The van der Waals surface area contributed by atoms with Crippen molar-refractivity contribution in [3.8, 4) is 0 Å². The molecule has 0 aliphatic heterocycles. The number of thiophene rings is 1. The Labute approximate surface area is 116 Å². The van der Waals surface area contributed by atoms with Crippen LogP contribution in [0, 0.1) is 6.92 Å². The summed E-state index contributed by atoms with van der Waals surface area (Å²) in [6, 6.07) is 1.22. The molecule has 0 spiro atoms. The molecule has 0 fully saturated rings. The van der Waals surface area contributed by atoms with Crippen LogP contribution in [0.25, 0.3) is 0 Å². The van der Waals surface area contributed by atoms with Crippen molar-refractivity contribution in [1.82, 2.24) is 4.31 Å². The van der Waals surface area contributed by atoms with Gasteiger partial charge in [0.25, 0.3) is 0 Å². The van der Waals surface area contributed by atoms with Crippen molar-refractivity contribution in [2.45, 2.75) is 18.7 Å². The fourth-order valence-electron chi connectivity index (χ4n) is 1.61. The minimum absolute atomic E-state index is 0.0267. The van der Waals surface area contributed by atoms with E-state index in [9.17, 15) is 13.2 Å². The molecule has 0 saturated carbocycles. The monoisotopic (exact) mass is 307 g/mol. The van der Waals surface area contributed by atoms with Gasteiger partial charge in [0.1, 0.15) is 4.88 Å². The normalized spacial score (nSPS) is 12.0. The predicted molar refractivity (Wildman–Crippen MR) is 72.3 cm³/mol. The molecule has 0 saturated heterocycles. The summed E-state index contributed by atoms with van der Waals surface area (Å²) < 4.78 is 31.0. The number of likely N-dealkylation sites (N-methyl/N-ethyl adjacent to an activating group) is 1. The summed E-state index contributed by atoms with van der Waals surface area (Å²) >= 11 is 0.964. The van der Waals surface area contributed by atoms with Gasteiger partial charge in [0.2, 0.25) is 10.0 Å². The standard InChI is InChI=1S/C11H17NO5S2/c1-4-12(5-6-17-3)19(15,16)10-7-9(11(13)14)18-8(10)2/h7H,4-6H2,1-3H3,(H,13,14). The molecule has 0 aliphatic carbocycles. The molecule has 1 aromatic heterocycles. The van der Waals surface area contributed by atoms with Crippen LogP contribution in [0.5, 0.6) is 0 Å². The molecule has 0 aliphatic rings. The molecular formula is C11H17NO5S2. The minimum Gasteiger partial charge on any atom is -0.477 e. The first-order chi connectivity index (χ1) is 8.84. The zero-order valence-electron chi connectivity index (χ0n) is 11.0. The van der Waals surface area contributed by atoms with Crippen LogP contribution in [-0.4, -0.2) is 50.6 Å². The third kappa shape index (κ3) is 3.53. The van der Waals surface area contributed by atoms with E-state index in [0.29, 0.717) is 18.0 Å². The number of aromatic carboxylic acids is 1. The van der Waals surface area contributed by atoms with Crippen LogP contribution in [0.3, 0.4) is 0 Å². The maximum absolute atomic E-state index is 12.4. The lowest BCUT2D eigenvalue weighted by Gasteiger charge is -2.19. The Balaban J connectivity index is 3.14. The number of carbonyl (C=O) groups is 1. The number of methoxy groups -OCH3 is 1. The van der Waals surface area contributed by atoms with Gasteiger partial charge >= 0.3 is 5.97 Å². The smallest absolute Gasteiger partial charge is 0.345 e. The highest BCUT2D eigenvalue weighted by Crippen LogP contribution is 2.28. The summed E-state index contributed by atoms with van der Waals surface area (Å²) in [5.74, 6) is -1.12. The molecule has 1 aromatic rings. The van der Waals surface area contributed by atoms with E-state index in [-0.39, 0.29) is 16.3 Å². The Morgan fingerprint density at radius 1 is 1.53 bits per heavy atom. The molecule has 0 unspecified atom stereocenters. The first kappa shape index (κ1) is 16.1. The molecule has 0 amide bonds.